The molecule has 6 heteroatoms. The highest BCUT2D eigenvalue weighted by Crippen LogP contribution is 2.19. The number of ether oxygens (including phenoxy) is 1. The van der Waals surface area contributed by atoms with E-state index in [9.17, 15) is 0 Å². The minimum Gasteiger partial charge on any atom is -0.496 e. The number of hydrogen-bond donors (Lipinski definition) is 2. The molecule has 5 nitrogen and oxygen atoms in total. The lowest BCUT2D eigenvalue weighted by Gasteiger charge is -2.14. The standard InChI is InChI=1S/C19H28N4OS/c1-14-8-9-16(17(11-14)24-4)12-22-19(20-3)21-10-6-5-7-18-23-15(2)13-25-18/h8-9,11,13H,5-7,10,12H2,1-4H3,(H2,20,21,22). The normalized spacial score (nSPS) is 11.4. The third-order valence-electron chi connectivity index (χ3n) is 3.89. The van der Waals surface area contributed by atoms with Crippen LogP contribution in [0.3, 0.4) is 0 Å². The van der Waals surface area contributed by atoms with Crippen molar-refractivity contribution in [2.45, 2.75) is 39.7 Å². The first-order chi connectivity index (χ1) is 12.1. The van der Waals surface area contributed by atoms with Crippen molar-refractivity contribution in [3.05, 3.63) is 45.4 Å². The summed E-state index contributed by atoms with van der Waals surface area (Å²) in [6.07, 6.45) is 3.27. The summed E-state index contributed by atoms with van der Waals surface area (Å²) in [5, 5.41) is 10.0. The summed E-state index contributed by atoms with van der Waals surface area (Å²) < 4.78 is 5.44. The zero-order chi connectivity index (χ0) is 18.1. The molecule has 136 valence electrons. The molecule has 0 radical (unpaired) electrons. The van der Waals surface area contributed by atoms with Crippen molar-refractivity contribution >= 4 is 17.3 Å². The molecular weight excluding hydrogens is 332 g/mol. The molecule has 2 rings (SSSR count). The molecular formula is C19H28N4OS. The van der Waals surface area contributed by atoms with Crippen LogP contribution in [0.2, 0.25) is 0 Å². The van der Waals surface area contributed by atoms with Gasteiger partial charge in [0.25, 0.3) is 0 Å². The molecule has 0 aliphatic rings. The number of aliphatic imine (C=N–C) groups is 1. The van der Waals surface area contributed by atoms with Gasteiger partial charge in [-0.05, 0) is 44.7 Å². The van der Waals surface area contributed by atoms with E-state index in [1.54, 1.807) is 25.5 Å². The number of benzene rings is 1. The van der Waals surface area contributed by atoms with E-state index in [1.807, 2.05) is 13.0 Å². The number of aromatic nitrogens is 1. The molecule has 2 N–H and O–H groups in total. The molecule has 0 spiro atoms. The van der Waals surface area contributed by atoms with Crippen LogP contribution < -0.4 is 15.4 Å². The number of aryl methyl sites for hydroxylation is 3. The number of thiazole rings is 1. The summed E-state index contributed by atoms with van der Waals surface area (Å²) in [7, 11) is 3.50. The molecule has 1 heterocycles. The molecule has 0 aliphatic carbocycles. The van der Waals surface area contributed by atoms with E-state index in [0.29, 0.717) is 6.54 Å². The van der Waals surface area contributed by atoms with E-state index < -0.39 is 0 Å². The number of guanidine groups is 1. The van der Waals surface area contributed by atoms with Crippen molar-refractivity contribution in [2.75, 3.05) is 20.7 Å². The molecule has 0 bridgehead atoms. The number of rotatable bonds is 8. The molecule has 0 aliphatic heterocycles. The van der Waals surface area contributed by atoms with E-state index in [-0.39, 0.29) is 0 Å². The van der Waals surface area contributed by atoms with Gasteiger partial charge in [0.2, 0.25) is 0 Å². The molecule has 0 unspecified atom stereocenters. The van der Waals surface area contributed by atoms with Crippen molar-refractivity contribution in [3.63, 3.8) is 0 Å². The second-order valence-electron chi connectivity index (χ2n) is 6.01. The van der Waals surface area contributed by atoms with Gasteiger partial charge in [0.05, 0.1) is 12.1 Å². The topological polar surface area (TPSA) is 58.5 Å². The largest absolute Gasteiger partial charge is 0.496 e. The monoisotopic (exact) mass is 360 g/mol. The van der Waals surface area contributed by atoms with Crippen LogP contribution in [0.15, 0.2) is 28.6 Å². The third kappa shape index (κ3) is 6.38. The van der Waals surface area contributed by atoms with Gasteiger partial charge in [-0.25, -0.2) is 4.98 Å². The fourth-order valence-corrected chi connectivity index (χ4v) is 3.34. The van der Waals surface area contributed by atoms with Gasteiger partial charge in [0, 0.05) is 36.8 Å². The molecule has 0 atom stereocenters. The van der Waals surface area contributed by atoms with Gasteiger partial charge < -0.3 is 15.4 Å². The van der Waals surface area contributed by atoms with E-state index >= 15 is 0 Å². The van der Waals surface area contributed by atoms with Crippen molar-refractivity contribution in [2.24, 2.45) is 4.99 Å². The van der Waals surface area contributed by atoms with E-state index in [0.717, 1.165) is 48.8 Å². The van der Waals surface area contributed by atoms with E-state index in [1.165, 1.54) is 10.6 Å². The summed E-state index contributed by atoms with van der Waals surface area (Å²) in [6, 6.07) is 6.23. The molecule has 0 amide bonds. The zero-order valence-corrected chi connectivity index (χ0v) is 16.4. The molecule has 2 aromatic rings. The van der Waals surface area contributed by atoms with Crippen LogP contribution in [0, 0.1) is 13.8 Å². The van der Waals surface area contributed by atoms with Gasteiger partial charge in [-0.1, -0.05) is 12.1 Å². The van der Waals surface area contributed by atoms with Crippen molar-refractivity contribution in [1.82, 2.24) is 15.6 Å². The average molecular weight is 361 g/mol. The van der Waals surface area contributed by atoms with Crippen LogP contribution in [-0.4, -0.2) is 31.6 Å². The molecule has 1 aromatic carbocycles. The number of unbranched alkanes of at least 4 members (excludes halogenated alkanes) is 1. The number of nitrogens with zero attached hydrogens (tertiary/aromatic N) is 2. The van der Waals surface area contributed by atoms with Crippen molar-refractivity contribution in [1.29, 1.82) is 0 Å². The highest BCUT2D eigenvalue weighted by atomic mass is 32.1. The lowest BCUT2D eigenvalue weighted by molar-refractivity contribution is 0.408. The van der Waals surface area contributed by atoms with Crippen molar-refractivity contribution < 1.29 is 4.74 Å². The minimum atomic E-state index is 0.682. The predicted octanol–water partition coefficient (Wildman–Crippen LogP) is 3.46. The van der Waals surface area contributed by atoms with Gasteiger partial charge in [-0.15, -0.1) is 11.3 Å². The Morgan fingerprint density at radius 3 is 2.76 bits per heavy atom. The van der Waals surface area contributed by atoms with E-state index in [2.05, 4.69) is 45.0 Å². The van der Waals surface area contributed by atoms with Gasteiger partial charge in [-0.3, -0.25) is 4.99 Å². The summed E-state index contributed by atoms with van der Waals surface area (Å²) in [6.45, 7) is 5.68. The Bertz CT molecular complexity index is 696. The highest BCUT2D eigenvalue weighted by molar-refractivity contribution is 7.09. The van der Waals surface area contributed by atoms with Crippen molar-refractivity contribution in [3.8, 4) is 5.75 Å². The SMILES string of the molecule is CN=C(NCCCCc1nc(C)cs1)NCc1ccc(C)cc1OC. The van der Waals surface area contributed by atoms with Crippen LogP contribution >= 0.6 is 11.3 Å². The Morgan fingerprint density at radius 1 is 1.24 bits per heavy atom. The maximum absolute atomic E-state index is 5.44. The summed E-state index contributed by atoms with van der Waals surface area (Å²) in [4.78, 5) is 8.77. The number of hydrogen-bond acceptors (Lipinski definition) is 4. The lowest BCUT2D eigenvalue weighted by atomic mass is 10.1. The Labute approximate surface area is 154 Å². The first kappa shape index (κ1) is 19.2. The maximum atomic E-state index is 5.44. The lowest BCUT2D eigenvalue weighted by Crippen LogP contribution is -2.37. The minimum absolute atomic E-state index is 0.682. The fourth-order valence-electron chi connectivity index (χ4n) is 2.52. The smallest absolute Gasteiger partial charge is 0.191 e. The molecule has 0 saturated carbocycles. The number of nitrogens with one attached hydrogen (secondary N) is 2. The third-order valence-corrected chi connectivity index (χ3v) is 4.92. The van der Waals surface area contributed by atoms with Crippen LogP contribution in [-0.2, 0) is 13.0 Å². The van der Waals surface area contributed by atoms with Gasteiger partial charge in [0.15, 0.2) is 5.96 Å². The van der Waals surface area contributed by atoms with Crippen LogP contribution in [0.4, 0.5) is 0 Å². The Balaban J connectivity index is 1.70. The van der Waals surface area contributed by atoms with Gasteiger partial charge in [-0.2, -0.15) is 0 Å². The molecule has 25 heavy (non-hydrogen) atoms. The van der Waals surface area contributed by atoms with Gasteiger partial charge >= 0.3 is 0 Å². The first-order valence-corrected chi connectivity index (χ1v) is 9.49. The molecule has 0 saturated heterocycles. The maximum Gasteiger partial charge on any atom is 0.191 e. The Kier molecular flexibility index (Phi) is 7.73. The van der Waals surface area contributed by atoms with Gasteiger partial charge in [0.1, 0.15) is 5.75 Å². The van der Waals surface area contributed by atoms with E-state index in [4.69, 9.17) is 4.74 Å². The quantitative estimate of drug-likeness (QED) is 0.430. The summed E-state index contributed by atoms with van der Waals surface area (Å²) >= 11 is 1.75. The average Bonchev–Trinajstić information content (AvgIpc) is 3.03. The molecule has 0 fully saturated rings. The predicted molar refractivity (Wildman–Crippen MR) is 106 cm³/mol. The second kappa shape index (κ2) is 10.0. The van der Waals surface area contributed by atoms with Crippen LogP contribution in [0.5, 0.6) is 5.75 Å². The summed E-state index contributed by atoms with van der Waals surface area (Å²) in [5.74, 6) is 1.72. The fraction of sp³-hybridized carbons (Fsp3) is 0.474. The molecule has 1 aromatic heterocycles. The Morgan fingerprint density at radius 2 is 2.08 bits per heavy atom. The highest BCUT2D eigenvalue weighted by Gasteiger charge is 2.05. The zero-order valence-electron chi connectivity index (χ0n) is 15.6. The Hall–Kier alpha value is -2.08. The van der Waals surface area contributed by atoms with Crippen LogP contribution in [0.1, 0.15) is 34.7 Å². The second-order valence-corrected chi connectivity index (χ2v) is 6.95. The first-order valence-electron chi connectivity index (χ1n) is 8.61. The van der Waals surface area contributed by atoms with Crippen LogP contribution in [0.25, 0.3) is 0 Å². The summed E-state index contributed by atoms with van der Waals surface area (Å²) in [5.41, 5.74) is 3.43. The number of methoxy groups -OCH3 is 1.